The fourth-order valence-electron chi connectivity index (χ4n) is 3.34. The Morgan fingerprint density at radius 3 is 2.92 bits per heavy atom. The van der Waals surface area contributed by atoms with Gasteiger partial charge in [0, 0.05) is 34.9 Å². The molecule has 0 spiro atoms. The summed E-state index contributed by atoms with van der Waals surface area (Å²) in [6.45, 7) is 0.444. The van der Waals surface area contributed by atoms with Crippen LogP contribution in [0.1, 0.15) is 22.0 Å². The molecular weight excluding hydrogens is 343 g/mol. The lowest BCUT2D eigenvalue weighted by Crippen LogP contribution is -2.30. The molecule has 128 valence electrons. The zero-order valence-electron chi connectivity index (χ0n) is 13.6. The molecule has 0 bridgehead atoms. The Bertz CT molecular complexity index is 969. The molecule has 1 amide bonds. The number of hydrogen-bond donors (Lipinski definition) is 1. The first-order chi connectivity index (χ1) is 12.1. The van der Waals surface area contributed by atoms with E-state index in [1.54, 1.807) is 24.1 Å². The molecule has 4 rings (SSSR count). The van der Waals surface area contributed by atoms with Crippen molar-refractivity contribution >= 4 is 34.1 Å². The molecule has 0 saturated carbocycles. The number of amides is 1. The highest BCUT2D eigenvalue weighted by molar-refractivity contribution is 6.19. The van der Waals surface area contributed by atoms with Crippen molar-refractivity contribution in [2.24, 2.45) is 0 Å². The number of aromatic amines is 1. The van der Waals surface area contributed by atoms with E-state index in [9.17, 15) is 9.18 Å². The number of rotatable bonds is 3. The van der Waals surface area contributed by atoms with E-state index in [1.165, 1.54) is 12.1 Å². The van der Waals surface area contributed by atoms with Crippen LogP contribution in [0.2, 0.25) is 0 Å². The Labute approximate surface area is 149 Å². The minimum Gasteiger partial charge on any atom is -0.497 e. The van der Waals surface area contributed by atoms with Crippen LogP contribution in [0, 0.1) is 5.82 Å². The number of anilines is 1. The standard InChI is InChI=1S/C19H16ClFN2O2/c1-25-14-3-4-16-11(6-14)7-17(22-16)19(24)23-10-12(9-20)15-8-13(21)2-5-18(15)23/h2-8,12,22H,9-10H2,1H3. The molecule has 6 heteroatoms. The number of hydrogen-bond acceptors (Lipinski definition) is 2. The third-order valence-electron chi connectivity index (χ3n) is 4.61. The van der Waals surface area contributed by atoms with Gasteiger partial charge < -0.3 is 14.6 Å². The number of halogens is 2. The molecule has 1 aromatic heterocycles. The molecule has 1 N–H and O–H groups in total. The minimum atomic E-state index is -0.319. The van der Waals surface area contributed by atoms with Crippen molar-refractivity contribution in [3.8, 4) is 5.75 Å². The molecule has 1 aliphatic rings. The number of carbonyl (C=O) groups excluding carboxylic acids is 1. The number of alkyl halides is 1. The number of aromatic nitrogens is 1. The molecule has 2 heterocycles. The first kappa shape index (κ1) is 16.0. The maximum absolute atomic E-state index is 13.6. The Hall–Kier alpha value is -2.53. The van der Waals surface area contributed by atoms with Gasteiger partial charge in [0.2, 0.25) is 0 Å². The van der Waals surface area contributed by atoms with E-state index >= 15 is 0 Å². The SMILES string of the molecule is COc1ccc2[nH]c(C(=O)N3CC(CCl)c4cc(F)ccc43)cc2c1. The fraction of sp³-hybridized carbons (Fsp3) is 0.211. The molecule has 4 nitrogen and oxygen atoms in total. The van der Waals surface area contributed by atoms with Gasteiger partial charge in [0.05, 0.1) is 7.11 Å². The highest BCUT2D eigenvalue weighted by atomic mass is 35.5. The van der Waals surface area contributed by atoms with Crippen molar-refractivity contribution in [2.45, 2.75) is 5.92 Å². The van der Waals surface area contributed by atoms with Crippen molar-refractivity contribution < 1.29 is 13.9 Å². The summed E-state index contributed by atoms with van der Waals surface area (Å²) in [6.07, 6.45) is 0. The predicted molar refractivity (Wildman–Crippen MR) is 96.4 cm³/mol. The minimum absolute atomic E-state index is 0.0687. The van der Waals surface area contributed by atoms with Gasteiger partial charge in [0.1, 0.15) is 17.3 Å². The molecule has 2 aromatic carbocycles. The van der Waals surface area contributed by atoms with Crippen LogP contribution in [0.3, 0.4) is 0 Å². The van der Waals surface area contributed by atoms with Gasteiger partial charge in [-0.25, -0.2) is 4.39 Å². The maximum atomic E-state index is 13.6. The summed E-state index contributed by atoms with van der Waals surface area (Å²) >= 11 is 6.02. The summed E-state index contributed by atoms with van der Waals surface area (Å²) in [5, 5.41) is 0.898. The number of benzene rings is 2. The van der Waals surface area contributed by atoms with Crippen molar-refractivity contribution in [3.05, 3.63) is 59.5 Å². The van der Waals surface area contributed by atoms with Crippen molar-refractivity contribution in [1.82, 2.24) is 4.98 Å². The van der Waals surface area contributed by atoms with Crippen molar-refractivity contribution in [2.75, 3.05) is 24.4 Å². The average Bonchev–Trinajstić information content (AvgIpc) is 3.21. The van der Waals surface area contributed by atoms with Crippen LogP contribution in [0.15, 0.2) is 42.5 Å². The van der Waals surface area contributed by atoms with E-state index in [2.05, 4.69) is 4.98 Å². The summed E-state index contributed by atoms with van der Waals surface area (Å²) in [4.78, 5) is 17.8. The third kappa shape index (κ3) is 2.65. The Balaban J connectivity index is 1.72. The molecule has 0 radical (unpaired) electrons. The van der Waals surface area contributed by atoms with E-state index in [4.69, 9.17) is 16.3 Å². The van der Waals surface area contributed by atoms with Gasteiger partial charge in [-0.05, 0) is 48.0 Å². The zero-order chi connectivity index (χ0) is 17.6. The Morgan fingerprint density at radius 2 is 2.16 bits per heavy atom. The van der Waals surface area contributed by atoms with E-state index in [-0.39, 0.29) is 17.6 Å². The average molecular weight is 359 g/mol. The van der Waals surface area contributed by atoms with Crippen LogP contribution in [0.25, 0.3) is 10.9 Å². The van der Waals surface area contributed by atoms with E-state index in [0.717, 1.165) is 22.2 Å². The topological polar surface area (TPSA) is 45.3 Å². The highest BCUT2D eigenvalue weighted by Gasteiger charge is 2.33. The summed E-state index contributed by atoms with van der Waals surface area (Å²) in [5.74, 6) is 0.524. The summed E-state index contributed by atoms with van der Waals surface area (Å²) in [5.41, 5.74) is 2.83. The quantitative estimate of drug-likeness (QED) is 0.709. The first-order valence-electron chi connectivity index (χ1n) is 7.94. The molecular formula is C19H16ClFN2O2. The van der Waals surface area contributed by atoms with E-state index < -0.39 is 0 Å². The number of nitrogens with zero attached hydrogens (tertiary/aromatic N) is 1. The molecule has 1 aliphatic heterocycles. The van der Waals surface area contributed by atoms with Crippen LogP contribution >= 0.6 is 11.6 Å². The van der Waals surface area contributed by atoms with Gasteiger partial charge >= 0.3 is 0 Å². The van der Waals surface area contributed by atoms with Gasteiger partial charge in [-0.15, -0.1) is 11.6 Å². The number of carbonyl (C=O) groups is 1. The number of fused-ring (bicyclic) bond motifs is 2. The van der Waals surface area contributed by atoms with Crippen LogP contribution in [-0.2, 0) is 0 Å². The zero-order valence-corrected chi connectivity index (χ0v) is 14.3. The summed E-state index contributed by atoms with van der Waals surface area (Å²) in [6, 6.07) is 11.9. The van der Waals surface area contributed by atoms with Crippen LogP contribution in [0.4, 0.5) is 10.1 Å². The molecule has 25 heavy (non-hydrogen) atoms. The van der Waals surface area contributed by atoms with Gasteiger partial charge in [-0.2, -0.15) is 0 Å². The smallest absolute Gasteiger partial charge is 0.274 e. The Kier molecular flexibility index (Phi) is 3.88. The molecule has 1 unspecified atom stereocenters. The molecule has 0 fully saturated rings. The van der Waals surface area contributed by atoms with Crippen LogP contribution in [-0.4, -0.2) is 30.4 Å². The van der Waals surface area contributed by atoms with Gasteiger partial charge in [0.25, 0.3) is 5.91 Å². The Morgan fingerprint density at radius 1 is 1.32 bits per heavy atom. The second-order valence-electron chi connectivity index (χ2n) is 6.11. The maximum Gasteiger partial charge on any atom is 0.274 e. The van der Waals surface area contributed by atoms with Gasteiger partial charge in [0.15, 0.2) is 0 Å². The lowest BCUT2D eigenvalue weighted by molar-refractivity contribution is 0.0984. The lowest BCUT2D eigenvalue weighted by Gasteiger charge is -2.16. The summed E-state index contributed by atoms with van der Waals surface area (Å²) < 4.78 is 18.8. The second kappa shape index (κ2) is 6.08. The van der Waals surface area contributed by atoms with Crippen molar-refractivity contribution in [1.29, 1.82) is 0 Å². The monoisotopic (exact) mass is 358 g/mol. The van der Waals surface area contributed by atoms with Crippen LogP contribution < -0.4 is 9.64 Å². The largest absolute Gasteiger partial charge is 0.497 e. The van der Waals surface area contributed by atoms with E-state index in [0.29, 0.717) is 23.8 Å². The number of nitrogens with one attached hydrogen (secondary N) is 1. The highest BCUT2D eigenvalue weighted by Crippen LogP contribution is 2.38. The predicted octanol–water partition coefficient (Wildman–Crippen LogP) is 4.30. The van der Waals surface area contributed by atoms with Gasteiger partial charge in [-0.3, -0.25) is 4.79 Å². The summed E-state index contributed by atoms with van der Waals surface area (Å²) in [7, 11) is 1.60. The number of ether oxygens (including phenoxy) is 1. The third-order valence-corrected chi connectivity index (χ3v) is 4.99. The normalized spacial score (nSPS) is 16.3. The van der Waals surface area contributed by atoms with E-state index in [1.807, 2.05) is 18.2 Å². The molecule has 0 aliphatic carbocycles. The second-order valence-corrected chi connectivity index (χ2v) is 6.41. The molecule has 1 atom stereocenters. The molecule has 0 saturated heterocycles. The lowest BCUT2D eigenvalue weighted by atomic mass is 10.0. The van der Waals surface area contributed by atoms with Gasteiger partial charge in [-0.1, -0.05) is 0 Å². The fourth-order valence-corrected chi connectivity index (χ4v) is 3.60. The van der Waals surface area contributed by atoms with Crippen LogP contribution in [0.5, 0.6) is 5.75 Å². The number of H-pyrrole nitrogens is 1. The van der Waals surface area contributed by atoms with Crippen molar-refractivity contribution in [3.63, 3.8) is 0 Å². The molecule has 3 aromatic rings. The number of methoxy groups -OCH3 is 1. The first-order valence-corrected chi connectivity index (χ1v) is 8.48.